The van der Waals surface area contributed by atoms with E-state index in [1.807, 2.05) is 12.1 Å². The van der Waals surface area contributed by atoms with E-state index in [2.05, 4.69) is 0 Å². The third-order valence-electron chi connectivity index (χ3n) is 2.27. The van der Waals surface area contributed by atoms with Gasteiger partial charge in [-0.25, -0.2) is 4.39 Å². The van der Waals surface area contributed by atoms with Gasteiger partial charge in [0.15, 0.2) is 0 Å². The van der Waals surface area contributed by atoms with E-state index < -0.39 is 0 Å². The molecule has 0 aromatic heterocycles. The van der Waals surface area contributed by atoms with Gasteiger partial charge in [-0.15, -0.1) is 11.8 Å². The van der Waals surface area contributed by atoms with Crippen molar-refractivity contribution in [3.63, 3.8) is 0 Å². The minimum absolute atomic E-state index is 0.263. The molecule has 2 rings (SSSR count). The minimum Gasteiger partial charge on any atom is -0.508 e. The molecule has 0 bridgehead atoms. The zero-order valence-corrected chi connectivity index (χ0v) is 10.5. The van der Waals surface area contributed by atoms with Crippen molar-refractivity contribution in [3.8, 4) is 11.5 Å². The van der Waals surface area contributed by atoms with Crippen LogP contribution < -0.4 is 4.74 Å². The molecule has 0 saturated carbocycles. The summed E-state index contributed by atoms with van der Waals surface area (Å²) in [5, 5.41) is 9.13. The molecule has 0 saturated heterocycles. The summed E-state index contributed by atoms with van der Waals surface area (Å²) in [6.07, 6.45) is 0. The van der Waals surface area contributed by atoms with Crippen molar-refractivity contribution in [1.82, 2.24) is 0 Å². The molecule has 0 aliphatic rings. The molecule has 0 atom stereocenters. The van der Waals surface area contributed by atoms with Crippen molar-refractivity contribution >= 4 is 11.8 Å². The van der Waals surface area contributed by atoms with Crippen LogP contribution in [0.4, 0.5) is 4.39 Å². The summed E-state index contributed by atoms with van der Waals surface area (Å²) in [5.41, 5.74) is 0. The average molecular weight is 264 g/mol. The Morgan fingerprint density at radius 2 is 1.67 bits per heavy atom. The van der Waals surface area contributed by atoms with Crippen LogP contribution in [0.3, 0.4) is 0 Å². The van der Waals surface area contributed by atoms with E-state index in [1.165, 1.54) is 12.1 Å². The summed E-state index contributed by atoms with van der Waals surface area (Å²) in [7, 11) is 0. The van der Waals surface area contributed by atoms with Gasteiger partial charge in [-0.3, -0.25) is 0 Å². The second-order valence-corrected chi connectivity index (χ2v) is 4.81. The smallest absolute Gasteiger partial charge is 0.123 e. The zero-order chi connectivity index (χ0) is 12.8. The molecule has 0 amide bonds. The first-order chi connectivity index (χ1) is 8.74. The molecule has 0 unspecified atom stereocenters. The monoisotopic (exact) mass is 264 g/mol. The maximum Gasteiger partial charge on any atom is 0.123 e. The number of hydrogen-bond acceptors (Lipinski definition) is 3. The van der Waals surface area contributed by atoms with E-state index in [-0.39, 0.29) is 11.6 Å². The highest BCUT2D eigenvalue weighted by Gasteiger charge is 1.97. The first-order valence-corrected chi connectivity index (χ1v) is 6.53. The molecule has 2 aromatic rings. The van der Waals surface area contributed by atoms with Gasteiger partial charge in [0.2, 0.25) is 0 Å². The topological polar surface area (TPSA) is 29.5 Å². The SMILES string of the molecule is Oc1ccc(SCCOc2ccc(F)cc2)cc1. The van der Waals surface area contributed by atoms with Gasteiger partial charge in [0.25, 0.3) is 0 Å². The Kier molecular flexibility index (Phi) is 4.47. The van der Waals surface area contributed by atoms with Gasteiger partial charge in [-0.2, -0.15) is 0 Å². The standard InChI is InChI=1S/C14H13FO2S/c15-11-1-5-13(6-2-11)17-9-10-18-14-7-3-12(16)4-8-14/h1-8,16H,9-10H2. The van der Waals surface area contributed by atoms with E-state index in [1.54, 1.807) is 36.0 Å². The first-order valence-electron chi connectivity index (χ1n) is 5.54. The molecule has 0 heterocycles. The Balaban J connectivity index is 1.73. The molecular weight excluding hydrogens is 251 g/mol. The van der Waals surface area contributed by atoms with Gasteiger partial charge in [0, 0.05) is 10.6 Å². The van der Waals surface area contributed by atoms with Crippen molar-refractivity contribution in [2.24, 2.45) is 0 Å². The van der Waals surface area contributed by atoms with E-state index in [4.69, 9.17) is 9.84 Å². The van der Waals surface area contributed by atoms with E-state index in [0.717, 1.165) is 10.6 Å². The van der Waals surface area contributed by atoms with Crippen molar-refractivity contribution in [2.75, 3.05) is 12.4 Å². The fraction of sp³-hybridized carbons (Fsp3) is 0.143. The number of aromatic hydroxyl groups is 1. The zero-order valence-electron chi connectivity index (χ0n) is 9.67. The summed E-state index contributed by atoms with van der Waals surface area (Å²) in [6.45, 7) is 0.553. The Morgan fingerprint density at radius 3 is 2.33 bits per heavy atom. The second kappa shape index (κ2) is 6.31. The van der Waals surface area contributed by atoms with Crippen LogP contribution in [0.25, 0.3) is 0 Å². The van der Waals surface area contributed by atoms with Gasteiger partial charge < -0.3 is 9.84 Å². The van der Waals surface area contributed by atoms with Crippen LogP contribution in [0.2, 0.25) is 0 Å². The number of thioether (sulfide) groups is 1. The Hall–Kier alpha value is -1.68. The minimum atomic E-state index is -0.263. The first kappa shape index (κ1) is 12.8. The number of benzene rings is 2. The molecule has 2 nitrogen and oxygen atoms in total. The average Bonchev–Trinajstić information content (AvgIpc) is 2.39. The third-order valence-corrected chi connectivity index (χ3v) is 3.25. The number of phenols is 1. The molecule has 0 spiro atoms. The molecule has 18 heavy (non-hydrogen) atoms. The molecule has 2 aromatic carbocycles. The van der Waals surface area contributed by atoms with Crippen molar-refractivity contribution in [3.05, 3.63) is 54.3 Å². The number of ether oxygens (including phenoxy) is 1. The molecule has 4 heteroatoms. The van der Waals surface area contributed by atoms with Crippen LogP contribution >= 0.6 is 11.8 Å². The van der Waals surface area contributed by atoms with Crippen molar-refractivity contribution < 1.29 is 14.2 Å². The number of halogens is 1. The molecule has 1 N–H and O–H groups in total. The number of rotatable bonds is 5. The molecule has 0 aliphatic carbocycles. The van der Waals surface area contributed by atoms with E-state index in [0.29, 0.717) is 12.4 Å². The van der Waals surface area contributed by atoms with Gasteiger partial charge >= 0.3 is 0 Å². The predicted molar refractivity (Wildman–Crippen MR) is 70.7 cm³/mol. The highest BCUT2D eigenvalue weighted by Crippen LogP contribution is 2.20. The quantitative estimate of drug-likeness (QED) is 0.659. The third kappa shape index (κ3) is 3.96. The van der Waals surface area contributed by atoms with Crippen LogP contribution in [-0.2, 0) is 0 Å². The number of hydrogen-bond donors (Lipinski definition) is 1. The van der Waals surface area contributed by atoms with Gasteiger partial charge in [0.1, 0.15) is 17.3 Å². The predicted octanol–water partition coefficient (Wildman–Crippen LogP) is 3.70. The Morgan fingerprint density at radius 1 is 1.00 bits per heavy atom. The molecule has 0 fully saturated rings. The van der Waals surface area contributed by atoms with Crippen LogP contribution in [-0.4, -0.2) is 17.5 Å². The lowest BCUT2D eigenvalue weighted by molar-refractivity contribution is 0.343. The lowest BCUT2D eigenvalue weighted by Gasteiger charge is -2.06. The highest BCUT2D eigenvalue weighted by molar-refractivity contribution is 7.99. The van der Waals surface area contributed by atoms with Crippen LogP contribution in [0.15, 0.2) is 53.4 Å². The van der Waals surface area contributed by atoms with Crippen molar-refractivity contribution in [2.45, 2.75) is 4.90 Å². The fourth-order valence-electron chi connectivity index (χ4n) is 1.39. The molecule has 0 aliphatic heterocycles. The summed E-state index contributed by atoms with van der Waals surface area (Å²) >= 11 is 1.64. The largest absolute Gasteiger partial charge is 0.508 e. The van der Waals surface area contributed by atoms with E-state index in [9.17, 15) is 4.39 Å². The van der Waals surface area contributed by atoms with Gasteiger partial charge in [-0.05, 0) is 48.5 Å². The van der Waals surface area contributed by atoms with E-state index >= 15 is 0 Å². The molecule has 0 radical (unpaired) electrons. The summed E-state index contributed by atoms with van der Waals surface area (Å²) < 4.78 is 18.1. The fourth-order valence-corrected chi connectivity index (χ4v) is 2.12. The molecule has 94 valence electrons. The van der Waals surface area contributed by atoms with Crippen LogP contribution in [0, 0.1) is 5.82 Å². The number of phenolic OH excluding ortho intramolecular Hbond substituents is 1. The summed E-state index contributed by atoms with van der Waals surface area (Å²) in [5.74, 6) is 1.47. The Bertz CT molecular complexity index is 435. The highest BCUT2D eigenvalue weighted by atomic mass is 32.2. The lowest BCUT2D eigenvalue weighted by atomic mass is 10.3. The van der Waals surface area contributed by atoms with Crippen LogP contribution in [0.1, 0.15) is 0 Å². The summed E-state index contributed by atoms with van der Waals surface area (Å²) in [4.78, 5) is 1.08. The normalized spacial score (nSPS) is 10.3. The van der Waals surface area contributed by atoms with Crippen LogP contribution in [0.5, 0.6) is 11.5 Å². The van der Waals surface area contributed by atoms with Gasteiger partial charge in [-0.1, -0.05) is 0 Å². The maximum atomic E-state index is 12.6. The van der Waals surface area contributed by atoms with Gasteiger partial charge in [0.05, 0.1) is 6.61 Å². The Labute approximate surface area is 109 Å². The summed E-state index contributed by atoms with van der Waals surface area (Å²) in [6, 6.07) is 13.0. The maximum absolute atomic E-state index is 12.6. The second-order valence-electron chi connectivity index (χ2n) is 3.64. The molecular formula is C14H13FO2S. The van der Waals surface area contributed by atoms with Crippen molar-refractivity contribution in [1.29, 1.82) is 0 Å². The lowest BCUT2D eigenvalue weighted by Crippen LogP contribution is -1.99.